The summed E-state index contributed by atoms with van der Waals surface area (Å²) in [5.41, 5.74) is 0. The first-order valence-electron chi connectivity index (χ1n) is 9.43. The summed E-state index contributed by atoms with van der Waals surface area (Å²) in [4.78, 5) is 0. The van der Waals surface area contributed by atoms with E-state index in [4.69, 9.17) is 12.6 Å². The second-order valence-corrected chi connectivity index (χ2v) is 8.83. The molecule has 3 fully saturated rings. The zero-order chi connectivity index (χ0) is 14.8. The molecule has 122 valence electrons. The fraction of sp³-hybridized carbons (Fsp3) is 1.00. The molecule has 1 nitrogen and oxygen atoms in total. The molecule has 3 rings (SSSR count). The summed E-state index contributed by atoms with van der Waals surface area (Å²) >= 11 is 4.69. The minimum atomic E-state index is 0.390. The van der Waals surface area contributed by atoms with Crippen LogP contribution in [-0.2, 0) is 0 Å². The molecular weight excluding hydrogens is 276 g/mol. The Labute approximate surface area is 136 Å². The predicted octanol–water partition coefficient (Wildman–Crippen LogP) is 4.79. The van der Waals surface area contributed by atoms with E-state index in [0.29, 0.717) is 6.61 Å². The van der Waals surface area contributed by atoms with Crippen LogP contribution in [0.1, 0.15) is 64.7 Å². The van der Waals surface area contributed by atoms with Crippen LogP contribution in [0.5, 0.6) is 0 Å². The molecule has 2 heteroatoms. The molecule has 0 aromatic carbocycles. The molecule has 3 saturated carbocycles. The molecule has 0 aromatic rings. The van der Waals surface area contributed by atoms with Crippen molar-refractivity contribution >= 4 is 12.6 Å². The molecule has 0 heterocycles. The van der Waals surface area contributed by atoms with Crippen molar-refractivity contribution in [2.75, 3.05) is 12.4 Å². The van der Waals surface area contributed by atoms with E-state index in [1.54, 1.807) is 0 Å². The minimum absolute atomic E-state index is 0.390. The third-order valence-corrected chi connectivity index (χ3v) is 7.62. The highest BCUT2D eigenvalue weighted by Crippen LogP contribution is 2.52. The zero-order valence-electron chi connectivity index (χ0n) is 13.7. The molecule has 7 atom stereocenters. The molecule has 3 aliphatic rings. The molecule has 0 aliphatic heterocycles. The first kappa shape index (κ1) is 16.2. The quantitative estimate of drug-likeness (QED) is 0.699. The van der Waals surface area contributed by atoms with Gasteiger partial charge in [-0.2, -0.15) is 12.6 Å². The van der Waals surface area contributed by atoms with Crippen molar-refractivity contribution in [1.82, 2.24) is 0 Å². The number of hydrogen-bond donors (Lipinski definition) is 2. The Morgan fingerprint density at radius 1 is 0.905 bits per heavy atom. The van der Waals surface area contributed by atoms with Crippen molar-refractivity contribution < 1.29 is 5.11 Å². The van der Waals surface area contributed by atoms with Gasteiger partial charge in [-0.25, -0.2) is 0 Å². The van der Waals surface area contributed by atoms with Crippen LogP contribution < -0.4 is 0 Å². The first-order valence-corrected chi connectivity index (χ1v) is 10.1. The molecular formula is C19H34OS. The van der Waals surface area contributed by atoms with Gasteiger partial charge in [-0.3, -0.25) is 0 Å². The van der Waals surface area contributed by atoms with E-state index in [9.17, 15) is 5.11 Å². The summed E-state index contributed by atoms with van der Waals surface area (Å²) in [5, 5.41) is 9.17. The van der Waals surface area contributed by atoms with Crippen LogP contribution in [0.25, 0.3) is 0 Å². The van der Waals surface area contributed by atoms with E-state index >= 15 is 0 Å². The summed E-state index contributed by atoms with van der Waals surface area (Å²) in [7, 11) is 0. The second kappa shape index (κ2) is 7.25. The van der Waals surface area contributed by atoms with Crippen LogP contribution >= 0.6 is 12.6 Å². The Balaban J connectivity index is 1.57. The van der Waals surface area contributed by atoms with Gasteiger partial charge in [0.05, 0.1) is 0 Å². The van der Waals surface area contributed by atoms with Crippen molar-refractivity contribution in [3.63, 3.8) is 0 Å². The van der Waals surface area contributed by atoms with Crippen LogP contribution in [-0.4, -0.2) is 17.5 Å². The minimum Gasteiger partial charge on any atom is -0.396 e. The smallest absolute Gasteiger partial charge is 0.0433 e. The molecule has 0 amide bonds. The zero-order valence-corrected chi connectivity index (χ0v) is 14.6. The summed E-state index contributed by atoms with van der Waals surface area (Å²) in [6, 6.07) is 0. The standard InChI is InChI=1S/C19H34OS/c1-13-2-4-15(8-13)17-10-18(12-21)19(11-17)16-5-3-14(9-16)6-7-20/h13-21H,2-12H2,1H3. The molecule has 7 unspecified atom stereocenters. The molecule has 1 N–H and O–H groups in total. The number of hydrogen-bond acceptors (Lipinski definition) is 2. The van der Waals surface area contributed by atoms with Gasteiger partial charge in [-0.15, -0.1) is 0 Å². The maximum Gasteiger partial charge on any atom is 0.0433 e. The normalized spacial score (nSPS) is 47.3. The number of aliphatic hydroxyl groups excluding tert-OH is 1. The van der Waals surface area contributed by atoms with E-state index in [2.05, 4.69) is 6.92 Å². The lowest BCUT2D eigenvalue weighted by atomic mass is 9.82. The topological polar surface area (TPSA) is 20.2 Å². The fourth-order valence-corrected chi connectivity index (χ4v) is 6.42. The van der Waals surface area contributed by atoms with Crippen LogP contribution in [0.15, 0.2) is 0 Å². The van der Waals surface area contributed by atoms with Crippen LogP contribution in [0.3, 0.4) is 0 Å². The van der Waals surface area contributed by atoms with Crippen LogP contribution in [0.4, 0.5) is 0 Å². The number of aliphatic hydroxyl groups is 1. The Morgan fingerprint density at radius 2 is 1.71 bits per heavy atom. The van der Waals surface area contributed by atoms with Gasteiger partial charge in [-0.1, -0.05) is 19.8 Å². The second-order valence-electron chi connectivity index (χ2n) is 8.47. The van der Waals surface area contributed by atoms with E-state index in [1.165, 1.54) is 51.4 Å². The van der Waals surface area contributed by atoms with E-state index in [-0.39, 0.29) is 0 Å². The average Bonchev–Trinajstić information content (AvgIpc) is 3.17. The maximum atomic E-state index is 9.17. The molecule has 0 bridgehead atoms. The van der Waals surface area contributed by atoms with Crippen molar-refractivity contribution in [3.05, 3.63) is 0 Å². The lowest BCUT2D eigenvalue weighted by Crippen LogP contribution is -2.18. The van der Waals surface area contributed by atoms with Crippen molar-refractivity contribution in [2.45, 2.75) is 64.7 Å². The number of rotatable bonds is 5. The summed E-state index contributed by atoms with van der Waals surface area (Å²) < 4.78 is 0. The van der Waals surface area contributed by atoms with Crippen LogP contribution in [0, 0.1) is 41.4 Å². The predicted molar refractivity (Wildman–Crippen MR) is 92.6 cm³/mol. The van der Waals surface area contributed by atoms with Gasteiger partial charge in [-0.05, 0) is 92.1 Å². The highest BCUT2D eigenvalue weighted by atomic mass is 32.1. The van der Waals surface area contributed by atoms with Crippen molar-refractivity contribution in [3.8, 4) is 0 Å². The van der Waals surface area contributed by atoms with E-state index in [1.807, 2.05) is 0 Å². The van der Waals surface area contributed by atoms with Gasteiger partial charge in [0.15, 0.2) is 0 Å². The Morgan fingerprint density at radius 3 is 2.38 bits per heavy atom. The largest absolute Gasteiger partial charge is 0.396 e. The lowest BCUT2D eigenvalue weighted by Gasteiger charge is -2.25. The monoisotopic (exact) mass is 310 g/mol. The Kier molecular flexibility index (Phi) is 5.59. The van der Waals surface area contributed by atoms with Crippen LogP contribution in [0.2, 0.25) is 0 Å². The molecule has 0 saturated heterocycles. The van der Waals surface area contributed by atoms with E-state index < -0.39 is 0 Å². The molecule has 21 heavy (non-hydrogen) atoms. The highest BCUT2D eigenvalue weighted by Gasteiger charge is 2.43. The molecule has 0 radical (unpaired) electrons. The van der Waals surface area contributed by atoms with Gasteiger partial charge in [0.2, 0.25) is 0 Å². The molecule has 0 aromatic heterocycles. The van der Waals surface area contributed by atoms with E-state index in [0.717, 1.165) is 53.6 Å². The molecule has 3 aliphatic carbocycles. The third kappa shape index (κ3) is 3.63. The van der Waals surface area contributed by atoms with Gasteiger partial charge >= 0.3 is 0 Å². The summed E-state index contributed by atoms with van der Waals surface area (Å²) in [5.74, 6) is 7.71. The lowest BCUT2D eigenvalue weighted by molar-refractivity contribution is 0.238. The van der Waals surface area contributed by atoms with Gasteiger partial charge in [0, 0.05) is 6.61 Å². The van der Waals surface area contributed by atoms with Gasteiger partial charge in [0.25, 0.3) is 0 Å². The Bertz CT molecular complexity index is 332. The number of thiol groups is 1. The van der Waals surface area contributed by atoms with Crippen molar-refractivity contribution in [2.24, 2.45) is 41.4 Å². The van der Waals surface area contributed by atoms with Crippen molar-refractivity contribution in [1.29, 1.82) is 0 Å². The average molecular weight is 311 g/mol. The third-order valence-electron chi connectivity index (χ3n) is 7.15. The first-order chi connectivity index (χ1) is 10.2. The Hall–Kier alpha value is 0.310. The van der Waals surface area contributed by atoms with Gasteiger partial charge < -0.3 is 5.11 Å². The SMILES string of the molecule is CC1CCC(C2CC(CS)C(C3CCC(CCO)C3)C2)C1. The highest BCUT2D eigenvalue weighted by molar-refractivity contribution is 7.80. The summed E-state index contributed by atoms with van der Waals surface area (Å²) in [6.45, 7) is 2.83. The summed E-state index contributed by atoms with van der Waals surface area (Å²) in [6.07, 6.45) is 12.6. The van der Waals surface area contributed by atoms with Gasteiger partial charge in [0.1, 0.15) is 0 Å². The molecule has 0 spiro atoms. The maximum absolute atomic E-state index is 9.17. The fourth-order valence-electron chi connectivity index (χ4n) is 6.00.